The van der Waals surface area contributed by atoms with Crippen LogP contribution in [0.2, 0.25) is 0 Å². The van der Waals surface area contributed by atoms with Crippen molar-refractivity contribution in [2.24, 2.45) is 0 Å². The van der Waals surface area contributed by atoms with Crippen LogP contribution in [0.15, 0.2) is 6.07 Å². The van der Waals surface area contributed by atoms with Crippen LogP contribution in [0.1, 0.15) is 0 Å². The van der Waals surface area contributed by atoms with E-state index in [4.69, 9.17) is 0 Å². The van der Waals surface area contributed by atoms with Crippen LogP contribution in [-0.4, -0.2) is 70.6 Å². The quantitative estimate of drug-likeness (QED) is 0.224. The van der Waals surface area contributed by atoms with Gasteiger partial charge in [0.1, 0.15) is 70.6 Å². The Morgan fingerprint density at radius 1 is 0.360 bits per heavy atom. The molecule has 110 valence electrons. The van der Waals surface area contributed by atoms with Crippen molar-refractivity contribution in [3.63, 3.8) is 0 Å². The van der Waals surface area contributed by atoms with Gasteiger partial charge < -0.3 is 0 Å². The Kier molecular flexibility index (Phi) is 3.56. The zero-order valence-corrected chi connectivity index (χ0v) is 17.1. The molecule has 0 saturated carbocycles. The summed E-state index contributed by atoms with van der Waals surface area (Å²) in [5.74, 6) is 0. The lowest BCUT2D eigenvalue weighted by Crippen LogP contribution is -2.47. The van der Waals surface area contributed by atoms with Crippen molar-refractivity contribution in [2.45, 2.75) is 0 Å². The second kappa shape index (κ2) is 5.25. The molecule has 9 heteroatoms. The summed E-state index contributed by atoms with van der Waals surface area (Å²) in [6, 6.07) is 2.41. The Morgan fingerprint density at radius 3 is 1.28 bits per heavy atom. The predicted octanol–water partition coefficient (Wildman–Crippen LogP) is -11.1. The molecule has 0 unspecified atom stereocenters. The SMILES string of the molecule is Bc1cc2c(B)c(B)c3c(B)c(B)c(B)c4c(B)c(B)c(c1B)c2c34. The van der Waals surface area contributed by atoms with E-state index < -0.39 is 0 Å². The first kappa shape index (κ1) is 16.9. The van der Waals surface area contributed by atoms with E-state index in [1.165, 1.54) is 81.5 Å². The molecule has 0 atom stereocenters. The lowest BCUT2D eigenvalue weighted by molar-refractivity contribution is 2.00. The predicted molar refractivity (Wildman–Crippen MR) is 144 cm³/mol. The average Bonchev–Trinajstić information content (AvgIpc) is 2.57. The zero-order valence-electron chi connectivity index (χ0n) is 17.1. The fraction of sp³-hybridized carbons (Fsp3) is 0. The van der Waals surface area contributed by atoms with Crippen molar-refractivity contribution in [2.75, 3.05) is 0 Å². The summed E-state index contributed by atoms with van der Waals surface area (Å²) in [7, 11) is 20.7. The summed E-state index contributed by atoms with van der Waals surface area (Å²) >= 11 is 0. The fourth-order valence-corrected chi connectivity index (χ4v) is 5.05. The highest BCUT2D eigenvalue weighted by atomic mass is 14.2. The van der Waals surface area contributed by atoms with Crippen molar-refractivity contribution in [1.29, 1.82) is 0 Å². The van der Waals surface area contributed by atoms with Crippen molar-refractivity contribution in [3.05, 3.63) is 6.07 Å². The topological polar surface area (TPSA) is 0 Å². The Balaban J connectivity index is 2.60. The number of benzene rings is 4. The molecule has 4 rings (SSSR count). The molecule has 25 heavy (non-hydrogen) atoms. The molecule has 0 heterocycles. The molecule has 4 aromatic rings. The molecular formula is C16H19B9. The normalized spacial score (nSPS) is 11.8. The minimum atomic E-state index is 1.40. The van der Waals surface area contributed by atoms with Crippen LogP contribution in [0.5, 0.6) is 0 Å². The highest BCUT2D eigenvalue weighted by Crippen LogP contribution is 2.27. The van der Waals surface area contributed by atoms with Crippen LogP contribution in [0.4, 0.5) is 0 Å². The van der Waals surface area contributed by atoms with E-state index in [1.54, 1.807) is 0 Å². The van der Waals surface area contributed by atoms with Gasteiger partial charge in [-0.1, -0.05) is 49.8 Å². The number of hydrogen-bond donors (Lipinski definition) is 0. The van der Waals surface area contributed by atoms with E-state index in [0.717, 1.165) is 0 Å². The molecule has 0 aliphatic carbocycles. The van der Waals surface area contributed by atoms with E-state index in [9.17, 15) is 0 Å². The molecule has 0 aromatic heterocycles. The highest BCUT2D eigenvalue weighted by molar-refractivity contribution is 6.73. The first-order valence-corrected chi connectivity index (χ1v) is 9.33. The van der Waals surface area contributed by atoms with Crippen molar-refractivity contribution in [3.8, 4) is 0 Å². The third-order valence-electron chi connectivity index (χ3n) is 7.13. The summed E-state index contributed by atoms with van der Waals surface area (Å²) in [5.41, 5.74) is 13.0. The second-order valence-electron chi connectivity index (χ2n) is 8.12. The molecule has 0 saturated heterocycles. The molecule has 0 spiro atoms. The summed E-state index contributed by atoms with van der Waals surface area (Å²) < 4.78 is 0. The number of hydrogen-bond acceptors (Lipinski definition) is 0. The summed E-state index contributed by atoms with van der Waals surface area (Å²) in [5, 5.41) is 8.89. The van der Waals surface area contributed by atoms with Gasteiger partial charge in [0.15, 0.2) is 0 Å². The van der Waals surface area contributed by atoms with Gasteiger partial charge in [-0.25, -0.2) is 0 Å². The van der Waals surface area contributed by atoms with Gasteiger partial charge >= 0.3 is 0 Å². The minimum absolute atomic E-state index is 1.40. The molecule has 0 bridgehead atoms. The highest BCUT2D eigenvalue weighted by Gasteiger charge is 2.21. The van der Waals surface area contributed by atoms with E-state index in [2.05, 4.69) is 76.7 Å². The van der Waals surface area contributed by atoms with E-state index in [0.29, 0.717) is 0 Å². The lowest BCUT2D eigenvalue weighted by atomic mass is 9.59. The van der Waals surface area contributed by atoms with Crippen molar-refractivity contribution < 1.29 is 0 Å². The average molecular weight is 309 g/mol. The molecular weight excluding hydrogens is 289 g/mol. The van der Waals surface area contributed by atoms with Gasteiger partial charge in [0, 0.05) is 0 Å². The van der Waals surface area contributed by atoms with Crippen molar-refractivity contribution in [1.82, 2.24) is 0 Å². The van der Waals surface area contributed by atoms with Gasteiger partial charge in [0.2, 0.25) is 0 Å². The first-order valence-electron chi connectivity index (χ1n) is 9.33. The fourth-order valence-electron chi connectivity index (χ4n) is 5.05. The van der Waals surface area contributed by atoms with Crippen LogP contribution >= 0.6 is 0 Å². The van der Waals surface area contributed by atoms with E-state index >= 15 is 0 Å². The Labute approximate surface area is 158 Å². The molecule has 0 aliphatic heterocycles. The monoisotopic (exact) mass is 310 g/mol. The standard InChI is InChI=1S/C16H19B9/c17-3-1-2-4-5-7(11(20)9(2)18)14(23)16(25)15(24)8(5)13(22)12(21)6(4)10(3)19/h1H,17-25H2. The first-order chi connectivity index (χ1) is 11.7. The molecule has 0 amide bonds. The van der Waals surface area contributed by atoms with Gasteiger partial charge in [-0.2, -0.15) is 0 Å². The maximum absolute atomic E-state index is 2.41. The maximum atomic E-state index is 2.41. The largest absolute Gasteiger partial charge is 0.139 e. The van der Waals surface area contributed by atoms with Crippen LogP contribution in [0.3, 0.4) is 0 Å². The molecule has 4 aromatic carbocycles. The van der Waals surface area contributed by atoms with Crippen LogP contribution in [0, 0.1) is 0 Å². The van der Waals surface area contributed by atoms with Crippen LogP contribution < -0.4 is 49.2 Å². The summed E-state index contributed by atoms with van der Waals surface area (Å²) in [6.45, 7) is 0. The van der Waals surface area contributed by atoms with Gasteiger partial charge in [0.05, 0.1) is 0 Å². The molecule has 0 N–H and O–H groups in total. The van der Waals surface area contributed by atoms with Gasteiger partial charge in [-0.3, -0.25) is 0 Å². The molecule has 0 aliphatic rings. The Morgan fingerprint density at radius 2 is 0.760 bits per heavy atom. The molecule has 0 nitrogen and oxygen atoms in total. The van der Waals surface area contributed by atoms with Crippen molar-refractivity contribution >= 4 is 152 Å². The lowest BCUT2D eigenvalue weighted by Gasteiger charge is -2.27. The van der Waals surface area contributed by atoms with Crippen LogP contribution in [0.25, 0.3) is 32.3 Å². The van der Waals surface area contributed by atoms with Gasteiger partial charge in [0.25, 0.3) is 0 Å². The zero-order chi connectivity index (χ0) is 18.4. The van der Waals surface area contributed by atoms with E-state index in [1.807, 2.05) is 0 Å². The molecule has 0 fully saturated rings. The smallest absolute Gasteiger partial charge is 0.100 e. The second-order valence-corrected chi connectivity index (χ2v) is 8.12. The Hall–Kier alpha value is -1.50. The summed E-state index contributed by atoms with van der Waals surface area (Å²) in [4.78, 5) is 0. The molecule has 0 radical (unpaired) electrons. The van der Waals surface area contributed by atoms with E-state index in [-0.39, 0.29) is 0 Å². The maximum Gasteiger partial charge on any atom is 0.139 e. The number of rotatable bonds is 0. The third-order valence-corrected chi connectivity index (χ3v) is 7.13. The summed E-state index contributed by atoms with van der Waals surface area (Å²) in [6.07, 6.45) is 0. The minimum Gasteiger partial charge on any atom is -0.100 e. The van der Waals surface area contributed by atoms with Crippen LogP contribution in [-0.2, 0) is 0 Å². The Bertz CT molecular complexity index is 1200. The van der Waals surface area contributed by atoms with Gasteiger partial charge in [-0.15, -0.1) is 5.46 Å². The third kappa shape index (κ3) is 1.90. The van der Waals surface area contributed by atoms with Gasteiger partial charge in [-0.05, 0) is 32.3 Å².